The van der Waals surface area contributed by atoms with Crippen molar-refractivity contribution >= 4 is 22.5 Å². The Morgan fingerprint density at radius 2 is 1.76 bits per heavy atom. The summed E-state index contributed by atoms with van der Waals surface area (Å²) in [5.41, 5.74) is 2.76. The Kier molecular flexibility index (Phi) is 4.75. The van der Waals surface area contributed by atoms with Crippen molar-refractivity contribution in [1.29, 1.82) is 0 Å². The predicted octanol–water partition coefficient (Wildman–Crippen LogP) is 5.24. The highest BCUT2D eigenvalue weighted by Crippen LogP contribution is 2.38. The van der Waals surface area contributed by atoms with E-state index in [1.807, 2.05) is 50.3 Å². The maximum Gasteiger partial charge on any atom is 0.295 e. The average Bonchev–Trinajstić information content (AvgIpc) is 2.89. The molecule has 0 unspecified atom stereocenters. The van der Waals surface area contributed by atoms with Crippen molar-refractivity contribution in [3.63, 3.8) is 0 Å². The van der Waals surface area contributed by atoms with Crippen LogP contribution in [-0.4, -0.2) is 15.6 Å². The molecule has 2 aromatic carbocycles. The average molecular weight is 333 g/mol. The third-order valence-electron chi connectivity index (χ3n) is 3.86. The highest BCUT2D eigenvalue weighted by molar-refractivity contribution is 5.97. The second-order valence-electron chi connectivity index (χ2n) is 5.95. The zero-order chi connectivity index (χ0) is 17.8. The van der Waals surface area contributed by atoms with E-state index in [4.69, 9.17) is 0 Å². The van der Waals surface area contributed by atoms with Gasteiger partial charge >= 0.3 is 0 Å². The van der Waals surface area contributed by atoms with Gasteiger partial charge in [0.1, 0.15) is 0 Å². The second-order valence-corrected chi connectivity index (χ2v) is 5.95. The van der Waals surface area contributed by atoms with Crippen LogP contribution in [0, 0.1) is 0 Å². The van der Waals surface area contributed by atoms with Crippen molar-refractivity contribution < 1.29 is 9.90 Å². The number of hydrogen-bond donors (Lipinski definition) is 1. The summed E-state index contributed by atoms with van der Waals surface area (Å²) in [5.74, 6) is -0.440. The van der Waals surface area contributed by atoms with Crippen LogP contribution in [0.5, 0.6) is 5.88 Å². The fraction of sp³-hybridized carbons (Fsp3) is 0.150. The summed E-state index contributed by atoms with van der Waals surface area (Å²) in [7, 11) is 0. The van der Waals surface area contributed by atoms with Crippen LogP contribution in [0.15, 0.2) is 76.5 Å². The number of nitrogens with zero attached hydrogens (tertiary/aromatic N) is 3. The van der Waals surface area contributed by atoms with E-state index in [0.29, 0.717) is 17.8 Å². The van der Waals surface area contributed by atoms with Crippen LogP contribution in [-0.2, 0) is 6.54 Å². The van der Waals surface area contributed by atoms with Crippen molar-refractivity contribution in [2.75, 3.05) is 0 Å². The summed E-state index contributed by atoms with van der Waals surface area (Å²) < 4.78 is 1.75. The van der Waals surface area contributed by atoms with Crippen LogP contribution in [0.4, 0.5) is 5.69 Å². The standard InChI is InChI=1S/C20H19N3O2/c1-14(2)12-13-23-17-11-7-6-10-16(17)18(20(23)25)21-22-19(24)15-8-4-3-5-9-15/h3-12,25H,13H2,1-2H3. The number of rotatable bonds is 4. The molecule has 25 heavy (non-hydrogen) atoms. The van der Waals surface area contributed by atoms with E-state index < -0.39 is 5.91 Å². The normalized spacial score (nSPS) is 11.1. The Hall–Kier alpha value is -3.21. The molecular formula is C20H19N3O2. The summed E-state index contributed by atoms with van der Waals surface area (Å²) in [6, 6.07) is 16.3. The minimum absolute atomic E-state index is 0.00307. The first-order valence-corrected chi connectivity index (χ1v) is 8.02. The maximum absolute atomic E-state index is 12.1. The van der Waals surface area contributed by atoms with Crippen LogP contribution >= 0.6 is 0 Å². The van der Waals surface area contributed by atoms with Gasteiger partial charge in [-0.1, -0.05) is 48.0 Å². The van der Waals surface area contributed by atoms with Gasteiger partial charge in [0.2, 0.25) is 5.88 Å². The van der Waals surface area contributed by atoms with Crippen LogP contribution in [0.2, 0.25) is 0 Å². The van der Waals surface area contributed by atoms with Gasteiger partial charge in [-0.05, 0) is 32.0 Å². The largest absolute Gasteiger partial charge is 0.493 e. The summed E-state index contributed by atoms with van der Waals surface area (Å²) in [6.45, 7) is 4.53. The van der Waals surface area contributed by atoms with Gasteiger partial charge in [-0.2, -0.15) is 0 Å². The first kappa shape index (κ1) is 16.6. The first-order valence-electron chi connectivity index (χ1n) is 8.02. The molecular weight excluding hydrogens is 314 g/mol. The minimum atomic E-state index is -0.443. The number of benzene rings is 2. The topological polar surface area (TPSA) is 66.9 Å². The van der Waals surface area contributed by atoms with Crippen molar-refractivity contribution in [1.82, 2.24) is 4.57 Å². The molecule has 3 rings (SSSR count). The molecule has 0 aliphatic heterocycles. The molecule has 1 heterocycles. The molecule has 126 valence electrons. The number of aromatic nitrogens is 1. The third kappa shape index (κ3) is 3.50. The molecule has 0 aliphatic carbocycles. The Morgan fingerprint density at radius 1 is 1.08 bits per heavy atom. The number of azo groups is 1. The summed E-state index contributed by atoms with van der Waals surface area (Å²) in [6.07, 6.45) is 2.02. The number of aromatic hydroxyl groups is 1. The summed E-state index contributed by atoms with van der Waals surface area (Å²) >= 11 is 0. The lowest BCUT2D eigenvalue weighted by Gasteiger charge is -2.03. The minimum Gasteiger partial charge on any atom is -0.493 e. The number of fused-ring (bicyclic) bond motifs is 1. The van der Waals surface area contributed by atoms with Gasteiger partial charge in [0.25, 0.3) is 5.91 Å². The molecule has 1 amide bonds. The van der Waals surface area contributed by atoms with Crippen molar-refractivity contribution in [2.45, 2.75) is 20.4 Å². The number of para-hydroxylation sites is 1. The number of amides is 1. The molecule has 0 saturated heterocycles. The van der Waals surface area contributed by atoms with Gasteiger partial charge in [-0.3, -0.25) is 4.79 Å². The van der Waals surface area contributed by atoms with E-state index >= 15 is 0 Å². The van der Waals surface area contributed by atoms with E-state index in [9.17, 15) is 9.90 Å². The van der Waals surface area contributed by atoms with Gasteiger partial charge in [-0.25, -0.2) is 0 Å². The van der Waals surface area contributed by atoms with E-state index in [2.05, 4.69) is 10.2 Å². The van der Waals surface area contributed by atoms with E-state index in [1.165, 1.54) is 0 Å². The molecule has 0 radical (unpaired) electrons. The van der Waals surface area contributed by atoms with Gasteiger partial charge in [0, 0.05) is 17.5 Å². The molecule has 0 atom stereocenters. The molecule has 0 spiro atoms. The summed E-state index contributed by atoms with van der Waals surface area (Å²) in [5, 5.41) is 19.2. The first-order chi connectivity index (χ1) is 12.1. The van der Waals surface area contributed by atoms with Gasteiger partial charge in [-0.15, -0.1) is 10.2 Å². The maximum atomic E-state index is 12.1. The van der Waals surface area contributed by atoms with E-state index in [1.54, 1.807) is 28.8 Å². The zero-order valence-electron chi connectivity index (χ0n) is 14.2. The van der Waals surface area contributed by atoms with Gasteiger partial charge in [0.05, 0.1) is 5.52 Å². The highest BCUT2D eigenvalue weighted by Gasteiger charge is 2.16. The van der Waals surface area contributed by atoms with Gasteiger partial charge < -0.3 is 9.67 Å². The molecule has 0 saturated carbocycles. The predicted molar refractivity (Wildman–Crippen MR) is 98.3 cm³/mol. The molecule has 5 nitrogen and oxygen atoms in total. The Bertz CT molecular complexity index is 965. The monoisotopic (exact) mass is 333 g/mol. The Balaban J connectivity index is 2.01. The van der Waals surface area contributed by atoms with E-state index in [0.717, 1.165) is 16.5 Å². The molecule has 0 fully saturated rings. The van der Waals surface area contributed by atoms with Crippen molar-refractivity contribution in [3.8, 4) is 5.88 Å². The fourth-order valence-corrected chi connectivity index (χ4v) is 2.56. The molecule has 0 bridgehead atoms. The Labute approximate surface area is 145 Å². The van der Waals surface area contributed by atoms with Crippen molar-refractivity contribution in [3.05, 3.63) is 71.8 Å². The molecule has 3 aromatic rings. The quantitative estimate of drug-likeness (QED) is 0.524. The molecule has 1 aromatic heterocycles. The number of carbonyl (C=O) groups excluding carboxylic acids is 1. The second kappa shape index (κ2) is 7.13. The zero-order valence-corrected chi connectivity index (χ0v) is 14.2. The lowest BCUT2D eigenvalue weighted by atomic mass is 10.2. The highest BCUT2D eigenvalue weighted by atomic mass is 16.3. The van der Waals surface area contributed by atoms with Crippen molar-refractivity contribution in [2.24, 2.45) is 10.2 Å². The van der Waals surface area contributed by atoms with Crippen LogP contribution in [0.1, 0.15) is 24.2 Å². The molecule has 0 aliphatic rings. The molecule has 1 N–H and O–H groups in total. The van der Waals surface area contributed by atoms with Crippen LogP contribution < -0.4 is 0 Å². The number of allylic oxidation sites excluding steroid dienone is 2. The fourth-order valence-electron chi connectivity index (χ4n) is 2.56. The van der Waals surface area contributed by atoms with Crippen LogP contribution in [0.25, 0.3) is 10.9 Å². The SMILES string of the molecule is CC(C)=CCn1c(O)c(N=NC(=O)c2ccccc2)c2ccccc21. The summed E-state index contributed by atoms with van der Waals surface area (Å²) in [4.78, 5) is 12.1. The van der Waals surface area contributed by atoms with Crippen LogP contribution in [0.3, 0.4) is 0 Å². The lowest BCUT2D eigenvalue weighted by molar-refractivity contribution is 0.0995. The Morgan fingerprint density at radius 3 is 2.48 bits per heavy atom. The smallest absolute Gasteiger partial charge is 0.295 e. The number of carbonyl (C=O) groups is 1. The van der Waals surface area contributed by atoms with E-state index in [-0.39, 0.29) is 5.88 Å². The molecule has 5 heteroatoms. The lowest BCUT2D eigenvalue weighted by Crippen LogP contribution is -1.94. The third-order valence-corrected chi connectivity index (χ3v) is 3.86. The number of hydrogen-bond acceptors (Lipinski definition) is 3. The van der Waals surface area contributed by atoms with Gasteiger partial charge in [0.15, 0.2) is 5.69 Å².